The summed E-state index contributed by atoms with van der Waals surface area (Å²) in [5, 5.41) is 7.46. The van der Waals surface area contributed by atoms with Crippen molar-refractivity contribution in [2.45, 2.75) is 52.2 Å². The lowest BCUT2D eigenvalue weighted by Crippen LogP contribution is -2.28. The summed E-state index contributed by atoms with van der Waals surface area (Å²) in [6.07, 6.45) is 4.32. The number of halogens is 1. The van der Waals surface area contributed by atoms with Gasteiger partial charge in [-0.1, -0.05) is 6.07 Å². The summed E-state index contributed by atoms with van der Waals surface area (Å²) < 4.78 is 26.8. The molecule has 1 aliphatic rings. The molecule has 3 aromatic rings. The van der Waals surface area contributed by atoms with E-state index in [1.165, 1.54) is 29.8 Å². The summed E-state index contributed by atoms with van der Waals surface area (Å²) in [7, 11) is 1.58. The molecule has 0 bridgehead atoms. The molecule has 8 heteroatoms. The number of ketones is 1. The number of methoxy groups -OCH3 is 1. The molecule has 1 aliphatic carbocycles. The molecule has 2 aromatic carbocycles. The van der Waals surface area contributed by atoms with Gasteiger partial charge in [0.1, 0.15) is 17.2 Å². The molecule has 0 saturated heterocycles. The van der Waals surface area contributed by atoms with Crippen LogP contribution in [0, 0.1) is 5.82 Å². The Labute approximate surface area is 197 Å². The number of nitrogens with one attached hydrogen (secondary N) is 1. The highest BCUT2D eigenvalue weighted by Gasteiger charge is 2.24. The van der Waals surface area contributed by atoms with Crippen LogP contribution in [0.25, 0.3) is 11.3 Å². The maximum atomic E-state index is 13.8. The van der Waals surface area contributed by atoms with Crippen molar-refractivity contribution in [3.05, 3.63) is 64.2 Å². The molecule has 4 rings (SSSR count). The van der Waals surface area contributed by atoms with Crippen LogP contribution < -0.4 is 20.3 Å². The number of carbonyl (C=O) groups is 1. The fraction of sp³-hybridized carbons (Fsp3) is 0.346. The minimum absolute atomic E-state index is 0.0547. The molecule has 0 spiro atoms. The van der Waals surface area contributed by atoms with Gasteiger partial charge in [0, 0.05) is 17.8 Å². The Morgan fingerprint density at radius 2 is 1.94 bits per heavy atom. The minimum atomic E-state index is -0.461. The number of benzene rings is 2. The lowest BCUT2D eigenvalue weighted by Gasteiger charge is -2.19. The first-order valence-electron chi connectivity index (χ1n) is 11.4. The topological polar surface area (TPSA) is 82.4 Å². The largest absolute Gasteiger partial charge is 0.493 e. The number of Topliss-reactive ketones (excluding diaryl/α,β-unsaturated/α-hetero) is 1. The number of aryl methyl sites for hydroxylation is 1. The molecule has 0 unspecified atom stereocenters. The first-order valence-corrected chi connectivity index (χ1v) is 11.4. The predicted octanol–water partition coefficient (Wildman–Crippen LogP) is 5.35. The maximum absolute atomic E-state index is 13.8. The Balaban J connectivity index is 1.87. The number of ether oxygens (including phenoxy) is 2. The van der Waals surface area contributed by atoms with E-state index in [0.29, 0.717) is 35.0 Å². The minimum Gasteiger partial charge on any atom is -0.493 e. The third-order valence-corrected chi connectivity index (χ3v) is 5.93. The summed E-state index contributed by atoms with van der Waals surface area (Å²) in [4.78, 5) is 25.9. The molecule has 1 heterocycles. The van der Waals surface area contributed by atoms with Gasteiger partial charge in [0.05, 0.1) is 18.8 Å². The van der Waals surface area contributed by atoms with E-state index in [-0.39, 0.29) is 23.1 Å². The molecule has 178 valence electrons. The van der Waals surface area contributed by atoms with E-state index in [1.54, 1.807) is 38.3 Å². The highest BCUT2D eigenvalue weighted by molar-refractivity contribution is 6.05. The van der Waals surface area contributed by atoms with Crippen molar-refractivity contribution in [1.82, 2.24) is 9.78 Å². The zero-order valence-electron chi connectivity index (χ0n) is 19.6. The molecular formula is C26H28FN3O4. The molecule has 7 nitrogen and oxygen atoms in total. The normalized spacial score (nSPS) is 13.6. The zero-order chi connectivity index (χ0) is 24.2. The van der Waals surface area contributed by atoms with Gasteiger partial charge < -0.3 is 14.8 Å². The number of rotatable bonds is 8. The average molecular weight is 466 g/mol. The molecule has 1 saturated carbocycles. The van der Waals surface area contributed by atoms with Crippen LogP contribution in [0.2, 0.25) is 0 Å². The van der Waals surface area contributed by atoms with E-state index in [4.69, 9.17) is 9.47 Å². The number of hydrogen-bond donors (Lipinski definition) is 1. The van der Waals surface area contributed by atoms with Gasteiger partial charge in [0.25, 0.3) is 5.56 Å². The Kier molecular flexibility index (Phi) is 6.95. The molecular weight excluding hydrogens is 437 g/mol. The number of anilines is 2. The lowest BCUT2D eigenvalue weighted by atomic mass is 10.0. The summed E-state index contributed by atoms with van der Waals surface area (Å²) >= 11 is 0. The summed E-state index contributed by atoms with van der Waals surface area (Å²) in [6, 6.07) is 11.1. The van der Waals surface area contributed by atoms with Gasteiger partial charge >= 0.3 is 0 Å². The molecule has 34 heavy (non-hydrogen) atoms. The van der Waals surface area contributed by atoms with E-state index in [2.05, 4.69) is 10.4 Å². The summed E-state index contributed by atoms with van der Waals surface area (Å²) in [5.74, 6) is 0.359. The van der Waals surface area contributed by atoms with E-state index >= 15 is 0 Å². The smallest absolute Gasteiger partial charge is 0.291 e. The summed E-state index contributed by atoms with van der Waals surface area (Å²) in [5.41, 5.74) is 1.04. The highest BCUT2D eigenvalue weighted by Crippen LogP contribution is 2.37. The third kappa shape index (κ3) is 4.81. The van der Waals surface area contributed by atoms with Gasteiger partial charge in [-0.25, -0.2) is 9.07 Å². The SMILES string of the molecule is CCn1nc(-c2ccc(OC)c(OC3CCCC3)c2)c(C(C)=O)c(Nc2cccc(F)c2)c1=O. The molecule has 0 amide bonds. The van der Waals surface area contributed by atoms with Crippen LogP contribution in [-0.2, 0) is 6.54 Å². The van der Waals surface area contributed by atoms with Gasteiger partial charge in [-0.15, -0.1) is 0 Å². The van der Waals surface area contributed by atoms with Gasteiger partial charge in [0.15, 0.2) is 17.3 Å². The van der Waals surface area contributed by atoms with Crippen LogP contribution in [0.1, 0.15) is 49.9 Å². The van der Waals surface area contributed by atoms with Crippen molar-refractivity contribution in [1.29, 1.82) is 0 Å². The van der Waals surface area contributed by atoms with Crippen molar-refractivity contribution in [2.75, 3.05) is 12.4 Å². The number of carbonyl (C=O) groups excluding carboxylic acids is 1. The van der Waals surface area contributed by atoms with Crippen LogP contribution in [0.5, 0.6) is 11.5 Å². The van der Waals surface area contributed by atoms with E-state index in [9.17, 15) is 14.0 Å². The third-order valence-electron chi connectivity index (χ3n) is 5.93. The molecule has 0 radical (unpaired) electrons. The second-order valence-corrected chi connectivity index (χ2v) is 8.30. The predicted molar refractivity (Wildman–Crippen MR) is 129 cm³/mol. The van der Waals surface area contributed by atoms with Crippen LogP contribution in [0.4, 0.5) is 15.8 Å². The van der Waals surface area contributed by atoms with Crippen molar-refractivity contribution >= 4 is 17.2 Å². The molecule has 0 atom stereocenters. The van der Waals surface area contributed by atoms with Crippen LogP contribution in [-0.4, -0.2) is 28.8 Å². The van der Waals surface area contributed by atoms with Crippen molar-refractivity contribution in [2.24, 2.45) is 0 Å². The fourth-order valence-corrected chi connectivity index (χ4v) is 4.26. The van der Waals surface area contributed by atoms with Gasteiger partial charge in [-0.05, 0) is 75.9 Å². The van der Waals surface area contributed by atoms with Gasteiger partial charge in [0.2, 0.25) is 0 Å². The first kappa shape index (κ1) is 23.5. The quantitative estimate of drug-likeness (QED) is 0.452. The number of hydrogen-bond acceptors (Lipinski definition) is 6. The Morgan fingerprint density at radius 3 is 2.59 bits per heavy atom. The van der Waals surface area contributed by atoms with E-state index < -0.39 is 11.4 Å². The first-order chi connectivity index (χ1) is 16.4. The fourth-order valence-electron chi connectivity index (χ4n) is 4.26. The monoisotopic (exact) mass is 465 g/mol. The molecule has 1 aromatic heterocycles. The highest BCUT2D eigenvalue weighted by atomic mass is 19.1. The lowest BCUT2D eigenvalue weighted by molar-refractivity contribution is 0.101. The van der Waals surface area contributed by atoms with Crippen LogP contribution in [0.15, 0.2) is 47.3 Å². The zero-order valence-corrected chi connectivity index (χ0v) is 19.6. The van der Waals surface area contributed by atoms with Gasteiger partial charge in [-0.2, -0.15) is 5.10 Å². The van der Waals surface area contributed by atoms with Crippen molar-refractivity contribution in [3.63, 3.8) is 0 Å². The Hall–Kier alpha value is -3.68. The van der Waals surface area contributed by atoms with Crippen LogP contribution >= 0.6 is 0 Å². The number of aromatic nitrogens is 2. The Morgan fingerprint density at radius 1 is 1.18 bits per heavy atom. The van der Waals surface area contributed by atoms with E-state index in [0.717, 1.165) is 25.7 Å². The van der Waals surface area contributed by atoms with Crippen molar-refractivity contribution < 1.29 is 18.7 Å². The summed E-state index contributed by atoms with van der Waals surface area (Å²) in [6.45, 7) is 3.47. The second-order valence-electron chi connectivity index (χ2n) is 8.30. The van der Waals surface area contributed by atoms with Gasteiger partial charge in [-0.3, -0.25) is 9.59 Å². The van der Waals surface area contributed by atoms with E-state index in [1.807, 2.05) is 0 Å². The van der Waals surface area contributed by atoms with Crippen molar-refractivity contribution in [3.8, 4) is 22.8 Å². The molecule has 1 N–H and O–H groups in total. The second kappa shape index (κ2) is 10.1. The molecule has 1 fully saturated rings. The number of nitrogens with zero attached hydrogens (tertiary/aromatic N) is 2. The van der Waals surface area contributed by atoms with Crippen LogP contribution in [0.3, 0.4) is 0 Å². The standard InChI is InChI=1S/C26H28FN3O4/c1-4-30-26(32)25(28-19-9-7-8-18(27)15-19)23(16(2)31)24(29-30)17-12-13-21(33-3)22(14-17)34-20-10-5-6-11-20/h7-9,12-15,20,28H,4-6,10-11H2,1-3H3. The molecule has 0 aliphatic heterocycles. The Bertz CT molecular complexity index is 1270. The maximum Gasteiger partial charge on any atom is 0.291 e. The average Bonchev–Trinajstić information content (AvgIpc) is 3.33.